The van der Waals surface area contributed by atoms with Gasteiger partial charge >= 0.3 is 5.97 Å². The van der Waals surface area contributed by atoms with Crippen LogP contribution in [0.3, 0.4) is 0 Å². The summed E-state index contributed by atoms with van der Waals surface area (Å²) in [6.45, 7) is 7.54. The highest BCUT2D eigenvalue weighted by molar-refractivity contribution is 6.03. The van der Waals surface area contributed by atoms with Crippen LogP contribution < -0.4 is 0 Å². The number of carboxylic acid groups (broad SMARTS) is 1. The lowest BCUT2D eigenvalue weighted by Gasteiger charge is -2.30. The summed E-state index contributed by atoms with van der Waals surface area (Å²) in [5.74, 6) is 0.583. The molecule has 1 aliphatic rings. The van der Waals surface area contributed by atoms with Gasteiger partial charge in [0.05, 0.1) is 11.1 Å². The standard InChI is InChI=1S/C28H29N3O2/c1-18-10-12-31(13-11-18)17-20-4-3-5-23(14-20)21-6-8-22(9-7-21)24-15-25(28(32)33)27-26(16-24)29-19(2)30-27/h3-9,14-16,18H,10-13,17H2,1-2H3,(H,29,30)(H,32,33). The normalized spacial score (nSPS) is 15.2. The van der Waals surface area contributed by atoms with Crippen molar-refractivity contribution in [2.45, 2.75) is 33.2 Å². The first-order chi connectivity index (χ1) is 16.0. The van der Waals surface area contributed by atoms with Gasteiger partial charge in [0.15, 0.2) is 0 Å². The average molecular weight is 440 g/mol. The first-order valence-electron chi connectivity index (χ1n) is 11.6. The topological polar surface area (TPSA) is 69.2 Å². The van der Waals surface area contributed by atoms with Crippen LogP contribution in [-0.2, 0) is 6.54 Å². The second-order valence-electron chi connectivity index (χ2n) is 9.28. The molecule has 5 rings (SSSR count). The number of H-pyrrole nitrogens is 1. The number of imidazole rings is 1. The number of fused-ring (bicyclic) bond motifs is 1. The van der Waals surface area contributed by atoms with E-state index in [0.717, 1.165) is 34.7 Å². The molecule has 0 atom stereocenters. The number of aryl methyl sites for hydroxylation is 1. The van der Waals surface area contributed by atoms with Crippen LogP contribution in [0, 0.1) is 12.8 Å². The van der Waals surface area contributed by atoms with E-state index in [2.05, 4.69) is 70.3 Å². The Hall–Kier alpha value is -3.44. The molecule has 5 heteroatoms. The van der Waals surface area contributed by atoms with Gasteiger partial charge in [-0.05, 0) is 84.8 Å². The summed E-state index contributed by atoms with van der Waals surface area (Å²) in [4.78, 5) is 21.8. The molecular formula is C28H29N3O2. The van der Waals surface area contributed by atoms with Gasteiger partial charge in [-0.25, -0.2) is 9.78 Å². The number of aromatic nitrogens is 2. The fraction of sp³-hybridized carbons (Fsp3) is 0.286. The quantitative estimate of drug-likeness (QED) is 0.392. The van der Waals surface area contributed by atoms with Gasteiger partial charge in [0.1, 0.15) is 11.3 Å². The number of carbonyl (C=O) groups is 1. The molecule has 2 N–H and O–H groups in total. The zero-order chi connectivity index (χ0) is 22.9. The first-order valence-corrected chi connectivity index (χ1v) is 11.6. The molecule has 1 aromatic heterocycles. The Morgan fingerprint density at radius 2 is 1.70 bits per heavy atom. The Balaban J connectivity index is 1.40. The maximum atomic E-state index is 11.8. The molecule has 0 bridgehead atoms. The monoisotopic (exact) mass is 439 g/mol. The Morgan fingerprint density at radius 3 is 2.39 bits per heavy atom. The summed E-state index contributed by atoms with van der Waals surface area (Å²) in [5.41, 5.74) is 7.01. The lowest BCUT2D eigenvalue weighted by atomic mass is 9.97. The van der Waals surface area contributed by atoms with Crippen molar-refractivity contribution in [1.82, 2.24) is 14.9 Å². The molecule has 0 radical (unpaired) electrons. The maximum absolute atomic E-state index is 11.8. The summed E-state index contributed by atoms with van der Waals surface area (Å²) in [6, 6.07) is 20.8. The third-order valence-corrected chi connectivity index (χ3v) is 6.70. The Kier molecular flexibility index (Phi) is 5.73. The number of carboxylic acids is 1. The number of likely N-dealkylation sites (tertiary alicyclic amines) is 1. The molecule has 1 fully saturated rings. The van der Waals surface area contributed by atoms with E-state index >= 15 is 0 Å². The van der Waals surface area contributed by atoms with E-state index < -0.39 is 5.97 Å². The number of hydrogen-bond acceptors (Lipinski definition) is 3. The van der Waals surface area contributed by atoms with Gasteiger partial charge in [0.25, 0.3) is 0 Å². The predicted molar refractivity (Wildman–Crippen MR) is 132 cm³/mol. The molecule has 33 heavy (non-hydrogen) atoms. The minimum Gasteiger partial charge on any atom is -0.478 e. The van der Waals surface area contributed by atoms with Gasteiger partial charge in [-0.2, -0.15) is 0 Å². The van der Waals surface area contributed by atoms with Crippen molar-refractivity contribution in [3.8, 4) is 22.3 Å². The fourth-order valence-corrected chi connectivity index (χ4v) is 4.75. The molecule has 3 aromatic carbocycles. The average Bonchev–Trinajstić information content (AvgIpc) is 3.20. The van der Waals surface area contributed by atoms with Gasteiger partial charge in [-0.15, -0.1) is 0 Å². The van der Waals surface area contributed by atoms with Crippen LogP contribution >= 0.6 is 0 Å². The number of hydrogen-bond donors (Lipinski definition) is 2. The Labute approximate surface area is 194 Å². The third-order valence-electron chi connectivity index (χ3n) is 6.70. The molecule has 1 saturated heterocycles. The summed E-state index contributed by atoms with van der Waals surface area (Å²) in [7, 11) is 0. The number of aromatic amines is 1. The number of piperidine rings is 1. The zero-order valence-electron chi connectivity index (χ0n) is 19.1. The van der Waals surface area contributed by atoms with Crippen LogP contribution in [0.2, 0.25) is 0 Å². The smallest absolute Gasteiger partial charge is 0.337 e. The zero-order valence-corrected chi connectivity index (χ0v) is 19.1. The molecule has 0 aliphatic carbocycles. The molecule has 0 amide bonds. The van der Waals surface area contributed by atoms with E-state index in [4.69, 9.17) is 0 Å². The van der Waals surface area contributed by atoms with E-state index in [9.17, 15) is 9.90 Å². The highest BCUT2D eigenvalue weighted by Gasteiger charge is 2.16. The van der Waals surface area contributed by atoms with Gasteiger partial charge in [-0.3, -0.25) is 4.90 Å². The van der Waals surface area contributed by atoms with Gasteiger partial charge in [-0.1, -0.05) is 49.4 Å². The van der Waals surface area contributed by atoms with E-state index in [-0.39, 0.29) is 5.56 Å². The van der Waals surface area contributed by atoms with E-state index in [1.165, 1.54) is 37.1 Å². The van der Waals surface area contributed by atoms with Crippen molar-refractivity contribution in [2.75, 3.05) is 13.1 Å². The van der Waals surface area contributed by atoms with Crippen LogP contribution in [-0.4, -0.2) is 39.0 Å². The molecular weight excluding hydrogens is 410 g/mol. The Morgan fingerprint density at radius 1 is 1.00 bits per heavy atom. The van der Waals surface area contributed by atoms with Crippen molar-refractivity contribution in [1.29, 1.82) is 0 Å². The second kappa shape index (κ2) is 8.83. The number of rotatable bonds is 5. The predicted octanol–water partition coefficient (Wildman–Crippen LogP) is 6.14. The second-order valence-corrected chi connectivity index (χ2v) is 9.28. The number of nitrogens with one attached hydrogen (secondary N) is 1. The van der Waals surface area contributed by atoms with Crippen molar-refractivity contribution in [2.24, 2.45) is 5.92 Å². The van der Waals surface area contributed by atoms with Crippen molar-refractivity contribution in [3.63, 3.8) is 0 Å². The van der Waals surface area contributed by atoms with E-state index in [1.807, 2.05) is 13.0 Å². The van der Waals surface area contributed by atoms with Crippen LogP contribution in [0.25, 0.3) is 33.3 Å². The number of benzene rings is 3. The van der Waals surface area contributed by atoms with Crippen LogP contribution in [0.5, 0.6) is 0 Å². The third kappa shape index (κ3) is 4.55. The molecule has 4 aromatic rings. The van der Waals surface area contributed by atoms with Crippen molar-refractivity contribution < 1.29 is 9.90 Å². The summed E-state index contributed by atoms with van der Waals surface area (Å²) in [6.07, 6.45) is 2.57. The van der Waals surface area contributed by atoms with Gasteiger partial charge in [0.2, 0.25) is 0 Å². The fourth-order valence-electron chi connectivity index (χ4n) is 4.75. The summed E-state index contributed by atoms with van der Waals surface area (Å²) < 4.78 is 0. The maximum Gasteiger partial charge on any atom is 0.337 e. The number of nitrogens with zero attached hydrogens (tertiary/aromatic N) is 2. The molecule has 0 saturated carbocycles. The van der Waals surface area contributed by atoms with Gasteiger partial charge in [0, 0.05) is 6.54 Å². The molecule has 168 valence electrons. The van der Waals surface area contributed by atoms with Crippen LogP contribution in [0.4, 0.5) is 0 Å². The SMILES string of the molecule is Cc1nc2c(C(=O)O)cc(-c3ccc(-c4cccc(CN5CCC(C)CC5)c4)cc3)cc2[nH]1. The van der Waals surface area contributed by atoms with Crippen LogP contribution in [0.1, 0.15) is 41.5 Å². The molecule has 0 spiro atoms. The number of aromatic carboxylic acids is 1. The van der Waals surface area contributed by atoms with E-state index in [1.54, 1.807) is 6.07 Å². The minimum atomic E-state index is -0.968. The minimum absolute atomic E-state index is 0.218. The summed E-state index contributed by atoms with van der Waals surface area (Å²) >= 11 is 0. The summed E-state index contributed by atoms with van der Waals surface area (Å²) in [5, 5.41) is 9.66. The van der Waals surface area contributed by atoms with Crippen molar-refractivity contribution in [3.05, 3.63) is 77.6 Å². The highest BCUT2D eigenvalue weighted by Crippen LogP contribution is 2.30. The van der Waals surface area contributed by atoms with Crippen molar-refractivity contribution >= 4 is 17.0 Å². The lowest BCUT2D eigenvalue weighted by molar-refractivity contribution is 0.0699. The largest absolute Gasteiger partial charge is 0.478 e. The van der Waals surface area contributed by atoms with Crippen LogP contribution in [0.15, 0.2) is 60.7 Å². The van der Waals surface area contributed by atoms with E-state index in [0.29, 0.717) is 11.3 Å². The highest BCUT2D eigenvalue weighted by atomic mass is 16.4. The molecule has 2 heterocycles. The molecule has 1 aliphatic heterocycles. The molecule has 0 unspecified atom stereocenters. The first kappa shape index (κ1) is 21.4. The molecule has 5 nitrogen and oxygen atoms in total. The Bertz CT molecular complexity index is 1300. The van der Waals surface area contributed by atoms with Gasteiger partial charge < -0.3 is 10.1 Å². The lowest BCUT2D eigenvalue weighted by Crippen LogP contribution is -2.32.